The van der Waals surface area contributed by atoms with E-state index in [2.05, 4.69) is 43.3 Å². The van der Waals surface area contributed by atoms with Gasteiger partial charge in [0.25, 0.3) is 0 Å². The number of carbonyl (C=O) groups is 1. The minimum absolute atomic E-state index is 0.111. The van der Waals surface area contributed by atoms with Gasteiger partial charge in [0, 0.05) is 27.3 Å². The fourth-order valence-electron chi connectivity index (χ4n) is 1.50. The summed E-state index contributed by atoms with van der Waals surface area (Å²) in [6, 6.07) is 0. The number of nitrogens with one attached hydrogen (secondary N) is 1. The van der Waals surface area contributed by atoms with Crippen LogP contribution >= 0.6 is 31.9 Å². The zero-order chi connectivity index (χ0) is 8.72. The predicted molar refractivity (Wildman–Crippen MR) is 54.1 cm³/mol. The first kappa shape index (κ1) is 8.51. The van der Waals surface area contributed by atoms with E-state index < -0.39 is 0 Å². The van der Waals surface area contributed by atoms with Crippen molar-refractivity contribution in [3.05, 3.63) is 22.3 Å². The summed E-state index contributed by atoms with van der Waals surface area (Å²) in [5, 5.41) is 2.85. The Bertz CT molecular complexity index is 295. The Labute approximate surface area is 87.3 Å². The number of hydrogen-bond donors (Lipinski definition) is 1. The fraction of sp³-hybridized carbons (Fsp3) is 0.375. The first-order chi connectivity index (χ1) is 5.68. The van der Waals surface area contributed by atoms with Crippen LogP contribution in [-0.2, 0) is 4.79 Å². The van der Waals surface area contributed by atoms with Crippen molar-refractivity contribution in [1.82, 2.24) is 5.32 Å². The second-order valence-electron chi connectivity index (χ2n) is 2.92. The number of rotatable bonds is 0. The van der Waals surface area contributed by atoms with Gasteiger partial charge in [-0.2, -0.15) is 0 Å². The standard InChI is InChI=1S/C8H7Br2NO/c9-5-1-2-6(10)8-4(5)3-7(12)11-8/h1-2,4-5H,3H2,(H,11,12)/t4-,5+/m1/s1. The van der Waals surface area contributed by atoms with Gasteiger partial charge in [0.1, 0.15) is 0 Å². The van der Waals surface area contributed by atoms with Crippen LogP contribution in [0.25, 0.3) is 0 Å². The molecule has 0 bridgehead atoms. The molecule has 2 nitrogen and oxygen atoms in total. The van der Waals surface area contributed by atoms with E-state index in [1.807, 2.05) is 6.08 Å². The summed E-state index contributed by atoms with van der Waals surface area (Å²) in [6.45, 7) is 0. The average molecular weight is 293 g/mol. The quantitative estimate of drug-likeness (QED) is 0.681. The zero-order valence-corrected chi connectivity index (χ0v) is 9.35. The van der Waals surface area contributed by atoms with Crippen molar-refractivity contribution in [2.75, 3.05) is 0 Å². The Hall–Kier alpha value is -0.0900. The molecular formula is C8H7Br2NO. The molecule has 0 radical (unpaired) electrons. The molecule has 1 fully saturated rings. The van der Waals surface area contributed by atoms with Gasteiger partial charge in [0.05, 0.1) is 0 Å². The summed E-state index contributed by atoms with van der Waals surface area (Å²) < 4.78 is 0.994. The average Bonchev–Trinajstić information content (AvgIpc) is 2.41. The molecule has 1 N–H and O–H groups in total. The predicted octanol–water partition coefficient (Wildman–Crippen LogP) is 2.06. The third-order valence-corrected chi connectivity index (χ3v) is 3.75. The van der Waals surface area contributed by atoms with Crippen LogP contribution in [0.1, 0.15) is 6.42 Å². The maximum absolute atomic E-state index is 11.1. The first-order valence-corrected chi connectivity index (χ1v) is 5.41. The lowest BCUT2D eigenvalue weighted by atomic mass is 9.97. The molecule has 0 spiro atoms. The molecule has 1 aliphatic carbocycles. The van der Waals surface area contributed by atoms with E-state index in [-0.39, 0.29) is 16.7 Å². The van der Waals surface area contributed by atoms with E-state index in [0.717, 1.165) is 10.2 Å². The van der Waals surface area contributed by atoms with Crippen molar-refractivity contribution in [3.8, 4) is 0 Å². The van der Waals surface area contributed by atoms with Crippen molar-refractivity contribution in [2.24, 2.45) is 5.92 Å². The maximum atomic E-state index is 11.1. The van der Waals surface area contributed by atoms with Crippen molar-refractivity contribution >= 4 is 37.8 Å². The topological polar surface area (TPSA) is 29.1 Å². The lowest BCUT2D eigenvalue weighted by Crippen LogP contribution is -2.18. The number of halogens is 2. The molecule has 4 heteroatoms. The van der Waals surface area contributed by atoms with Crippen molar-refractivity contribution in [3.63, 3.8) is 0 Å². The molecule has 2 rings (SSSR count). The van der Waals surface area contributed by atoms with Crippen molar-refractivity contribution in [1.29, 1.82) is 0 Å². The van der Waals surface area contributed by atoms with Gasteiger partial charge in [-0.3, -0.25) is 4.79 Å². The number of carbonyl (C=O) groups excluding carboxylic acids is 1. The van der Waals surface area contributed by atoms with Crippen LogP contribution in [0.3, 0.4) is 0 Å². The first-order valence-electron chi connectivity index (χ1n) is 3.70. The van der Waals surface area contributed by atoms with Crippen LogP contribution in [0, 0.1) is 5.92 Å². The van der Waals surface area contributed by atoms with Gasteiger partial charge in [-0.25, -0.2) is 0 Å². The van der Waals surface area contributed by atoms with Gasteiger partial charge in [-0.1, -0.05) is 22.0 Å². The number of fused-ring (bicyclic) bond motifs is 1. The van der Waals surface area contributed by atoms with Crippen LogP contribution in [0.5, 0.6) is 0 Å². The summed E-state index contributed by atoms with van der Waals surface area (Å²) in [4.78, 5) is 11.4. The highest BCUT2D eigenvalue weighted by molar-refractivity contribution is 9.12. The number of hydrogen-bond acceptors (Lipinski definition) is 1. The molecule has 0 saturated carbocycles. The summed E-state index contributed by atoms with van der Waals surface area (Å²) in [6.07, 6.45) is 4.61. The van der Waals surface area contributed by atoms with E-state index >= 15 is 0 Å². The molecule has 2 aliphatic rings. The van der Waals surface area contributed by atoms with E-state index in [4.69, 9.17) is 0 Å². The van der Waals surface area contributed by atoms with Gasteiger partial charge in [0.15, 0.2) is 0 Å². The van der Waals surface area contributed by atoms with Crippen LogP contribution in [0.15, 0.2) is 22.3 Å². The monoisotopic (exact) mass is 291 g/mol. The Morgan fingerprint density at radius 1 is 1.58 bits per heavy atom. The molecule has 0 unspecified atom stereocenters. The third kappa shape index (κ3) is 1.27. The third-order valence-electron chi connectivity index (χ3n) is 2.12. The normalized spacial score (nSPS) is 33.7. The minimum Gasteiger partial charge on any atom is -0.328 e. The molecule has 0 aromatic heterocycles. The second-order valence-corrected chi connectivity index (χ2v) is 4.84. The summed E-state index contributed by atoms with van der Waals surface area (Å²) >= 11 is 6.92. The minimum atomic E-state index is 0.111. The highest BCUT2D eigenvalue weighted by Gasteiger charge is 2.34. The molecule has 1 saturated heterocycles. The molecule has 0 aromatic rings. The Morgan fingerprint density at radius 2 is 2.33 bits per heavy atom. The van der Waals surface area contributed by atoms with Crippen LogP contribution in [-0.4, -0.2) is 10.7 Å². The largest absolute Gasteiger partial charge is 0.328 e. The van der Waals surface area contributed by atoms with E-state index in [1.54, 1.807) is 0 Å². The van der Waals surface area contributed by atoms with E-state index in [9.17, 15) is 4.79 Å². The lowest BCUT2D eigenvalue weighted by Gasteiger charge is -2.19. The molecular weight excluding hydrogens is 286 g/mol. The van der Waals surface area contributed by atoms with Crippen LogP contribution in [0.2, 0.25) is 0 Å². The Morgan fingerprint density at radius 3 is 3.00 bits per heavy atom. The van der Waals surface area contributed by atoms with Crippen LogP contribution in [0.4, 0.5) is 0 Å². The van der Waals surface area contributed by atoms with E-state index in [0.29, 0.717) is 6.42 Å². The number of amides is 1. The molecule has 1 amide bonds. The molecule has 0 aromatic carbocycles. The van der Waals surface area contributed by atoms with Gasteiger partial charge in [0.2, 0.25) is 5.91 Å². The molecule has 12 heavy (non-hydrogen) atoms. The lowest BCUT2D eigenvalue weighted by molar-refractivity contribution is -0.119. The maximum Gasteiger partial charge on any atom is 0.224 e. The zero-order valence-electron chi connectivity index (χ0n) is 6.18. The second kappa shape index (κ2) is 3.00. The van der Waals surface area contributed by atoms with E-state index in [1.165, 1.54) is 0 Å². The Balaban J connectivity index is 2.37. The smallest absolute Gasteiger partial charge is 0.224 e. The Kier molecular flexibility index (Phi) is 2.12. The van der Waals surface area contributed by atoms with Gasteiger partial charge >= 0.3 is 0 Å². The SMILES string of the molecule is O=C1C[C@H]2C(=C(Br)C=C[C@@H]2Br)N1. The summed E-state index contributed by atoms with van der Waals surface area (Å²) in [7, 11) is 0. The van der Waals surface area contributed by atoms with Gasteiger partial charge < -0.3 is 5.32 Å². The van der Waals surface area contributed by atoms with Gasteiger partial charge in [-0.05, 0) is 22.0 Å². The van der Waals surface area contributed by atoms with Gasteiger partial charge in [-0.15, -0.1) is 0 Å². The molecule has 1 heterocycles. The van der Waals surface area contributed by atoms with Crippen LogP contribution < -0.4 is 5.32 Å². The summed E-state index contributed by atoms with van der Waals surface area (Å²) in [5.74, 6) is 0.400. The fourth-order valence-corrected chi connectivity index (χ4v) is 2.65. The number of allylic oxidation sites excluding steroid dienone is 4. The number of alkyl halides is 1. The molecule has 2 atom stereocenters. The molecule has 64 valence electrons. The molecule has 1 aliphatic heterocycles. The van der Waals surface area contributed by atoms with Crippen molar-refractivity contribution < 1.29 is 4.79 Å². The summed E-state index contributed by atoms with van der Waals surface area (Å²) in [5.41, 5.74) is 1.02. The highest BCUT2D eigenvalue weighted by atomic mass is 79.9. The van der Waals surface area contributed by atoms with Crippen molar-refractivity contribution in [2.45, 2.75) is 11.2 Å². The highest BCUT2D eigenvalue weighted by Crippen LogP contribution is 2.36.